The summed E-state index contributed by atoms with van der Waals surface area (Å²) in [5.41, 5.74) is 5.31. The van der Waals surface area contributed by atoms with Gasteiger partial charge in [-0.25, -0.2) is 10.5 Å². The third-order valence-corrected chi connectivity index (χ3v) is 4.34. The fourth-order valence-electron chi connectivity index (χ4n) is 2.94. The molecule has 2 N–H and O–H groups in total. The molecule has 0 aliphatic rings. The molecule has 1 aromatic heterocycles. The van der Waals surface area contributed by atoms with Gasteiger partial charge in [0.05, 0.1) is 5.92 Å². The van der Waals surface area contributed by atoms with Crippen LogP contribution in [0.1, 0.15) is 22.7 Å². The number of anilines is 2. The highest BCUT2D eigenvalue weighted by atomic mass is 16.5. The molecule has 0 saturated heterocycles. The van der Waals surface area contributed by atoms with Crippen LogP contribution in [0.3, 0.4) is 0 Å². The summed E-state index contributed by atoms with van der Waals surface area (Å²) in [4.78, 5) is 18.7. The number of rotatable bonds is 5. The van der Waals surface area contributed by atoms with Gasteiger partial charge in [0.25, 0.3) is 5.91 Å². The third-order valence-electron chi connectivity index (χ3n) is 4.34. The number of nitrogens with zero attached hydrogens (tertiary/aromatic N) is 2. The first kappa shape index (κ1) is 17.6. The average molecular weight is 347 g/mol. The lowest BCUT2D eigenvalue weighted by Gasteiger charge is -2.20. The van der Waals surface area contributed by atoms with Crippen LogP contribution in [0, 0.1) is 6.92 Å². The van der Waals surface area contributed by atoms with Gasteiger partial charge in [-0.15, -0.1) is 0 Å². The maximum Gasteiger partial charge on any atom is 0.255 e. The van der Waals surface area contributed by atoms with Crippen molar-refractivity contribution in [3.63, 3.8) is 0 Å². The summed E-state index contributed by atoms with van der Waals surface area (Å²) < 4.78 is 0. The summed E-state index contributed by atoms with van der Waals surface area (Å²) >= 11 is 0. The Morgan fingerprint density at radius 1 is 0.962 bits per heavy atom. The summed E-state index contributed by atoms with van der Waals surface area (Å²) in [7, 11) is 1.95. The molecule has 5 heteroatoms. The van der Waals surface area contributed by atoms with Gasteiger partial charge in [0.1, 0.15) is 5.82 Å². The average Bonchev–Trinajstić information content (AvgIpc) is 2.69. The van der Waals surface area contributed by atoms with Crippen molar-refractivity contribution in [2.75, 3.05) is 11.9 Å². The van der Waals surface area contributed by atoms with Gasteiger partial charge in [0.15, 0.2) is 0 Å². The summed E-state index contributed by atoms with van der Waals surface area (Å²) in [5.74, 6) is -0.180. The van der Waals surface area contributed by atoms with E-state index in [1.165, 1.54) is 0 Å². The van der Waals surface area contributed by atoms with E-state index >= 15 is 0 Å². The van der Waals surface area contributed by atoms with Gasteiger partial charge >= 0.3 is 0 Å². The zero-order chi connectivity index (χ0) is 18.5. The van der Waals surface area contributed by atoms with E-state index in [-0.39, 0.29) is 0 Å². The minimum atomic E-state index is -0.572. The second kappa shape index (κ2) is 7.80. The van der Waals surface area contributed by atoms with Crippen molar-refractivity contribution in [1.82, 2.24) is 10.5 Å². The topological polar surface area (TPSA) is 65.5 Å². The third kappa shape index (κ3) is 3.73. The Kier molecular flexibility index (Phi) is 5.29. The normalized spacial score (nSPS) is 11.7. The highest BCUT2D eigenvalue weighted by molar-refractivity contribution is 5.86. The van der Waals surface area contributed by atoms with Crippen LogP contribution in [-0.4, -0.2) is 23.1 Å². The minimum Gasteiger partial charge on any atom is -0.329 e. The maximum absolute atomic E-state index is 12.2. The number of hydrogen-bond acceptors (Lipinski definition) is 4. The van der Waals surface area contributed by atoms with Crippen molar-refractivity contribution >= 4 is 17.4 Å². The van der Waals surface area contributed by atoms with Crippen molar-refractivity contribution in [1.29, 1.82) is 0 Å². The molecule has 1 atom stereocenters. The van der Waals surface area contributed by atoms with E-state index in [9.17, 15) is 4.79 Å². The molecule has 0 radical (unpaired) electrons. The van der Waals surface area contributed by atoms with Crippen molar-refractivity contribution in [3.8, 4) is 0 Å². The summed E-state index contributed by atoms with van der Waals surface area (Å²) in [6, 6.07) is 22.9. The van der Waals surface area contributed by atoms with Gasteiger partial charge in [-0.2, -0.15) is 0 Å². The van der Waals surface area contributed by atoms with Crippen molar-refractivity contribution in [3.05, 3.63) is 89.6 Å². The standard InChI is InChI=1S/C21H21N3O2/c1-15-7-6-10-19(22-15)24(2)18-13-11-17(12-14-18)20(21(25)23-26)16-8-4-3-5-9-16/h3-14,20,26H,1-2H3,(H,23,25). The van der Waals surface area contributed by atoms with E-state index in [4.69, 9.17) is 5.21 Å². The van der Waals surface area contributed by atoms with Crippen LogP contribution in [0.2, 0.25) is 0 Å². The number of pyridine rings is 1. The number of carbonyl (C=O) groups is 1. The van der Waals surface area contributed by atoms with Crippen LogP contribution in [-0.2, 0) is 4.79 Å². The summed E-state index contributed by atoms with van der Waals surface area (Å²) in [6.45, 7) is 1.96. The first-order chi connectivity index (χ1) is 12.6. The van der Waals surface area contributed by atoms with E-state index in [1.54, 1.807) is 5.48 Å². The molecule has 3 rings (SSSR count). The SMILES string of the molecule is Cc1cccc(N(C)c2ccc(C(C(=O)NO)c3ccccc3)cc2)n1. The Balaban J connectivity index is 1.91. The van der Waals surface area contributed by atoms with Crippen LogP contribution >= 0.6 is 0 Å². The monoisotopic (exact) mass is 347 g/mol. The number of benzene rings is 2. The number of aryl methyl sites for hydroxylation is 1. The Morgan fingerprint density at radius 2 is 1.62 bits per heavy atom. The van der Waals surface area contributed by atoms with Gasteiger partial charge in [0, 0.05) is 18.4 Å². The zero-order valence-electron chi connectivity index (χ0n) is 14.8. The van der Waals surface area contributed by atoms with E-state index < -0.39 is 11.8 Å². The number of aromatic nitrogens is 1. The lowest BCUT2D eigenvalue weighted by molar-refractivity contribution is -0.129. The Labute approximate surface area is 152 Å². The molecule has 1 unspecified atom stereocenters. The lowest BCUT2D eigenvalue weighted by Crippen LogP contribution is -2.27. The molecule has 0 fully saturated rings. The molecule has 0 aliphatic heterocycles. The first-order valence-corrected chi connectivity index (χ1v) is 8.36. The molecule has 1 amide bonds. The Hall–Kier alpha value is -3.18. The Bertz CT molecular complexity index is 879. The van der Waals surface area contributed by atoms with Crippen molar-refractivity contribution in [2.45, 2.75) is 12.8 Å². The molecule has 0 spiro atoms. The number of amides is 1. The minimum absolute atomic E-state index is 0.461. The van der Waals surface area contributed by atoms with Gasteiger partial charge in [-0.3, -0.25) is 10.0 Å². The quantitative estimate of drug-likeness (QED) is 0.544. The molecular weight excluding hydrogens is 326 g/mol. The fraction of sp³-hybridized carbons (Fsp3) is 0.143. The van der Waals surface area contributed by atoms with Crippen LogP contribution in [0.25, 0.3) is 0 Å². The summed E-state index contributed by atoms with van der Waals surface area (Å²) in [6.07, 6.45) is 0. The predicted octanol–water partition coefficient (Wildman–Crippen LogP) is 3.80. The first-order valence-electron chi connectivity index (χ1n) is 8.36. The van der Waals surface area contributed by atoms with Crippen LogP contribution in [0.15, 0.2) is 72.8 Å². The van der Waals surface area contributed by atoms with Gasteiger partial charge in [-0.05, 0) is 42.3 Å². The lowest BCUT2D eigenvalue weighted by atomic mass is 9.90. The van der Waals surface area contributed by atoms with Crippen LogP contribution < -0.4 is 10.4 Å². The molecule has 3 aromatic rings. The van der Waals surface area contributed by atoms with Gasteiger partial charge < -0.3 is 4.90 Å². The number of hydroxylamine groups is 1. The predicted molar refractivity (Wildman–Crippen MR) is 102 cm³/mol. The highest BCUT2D eigenvalue weighted by Crippen LogP contribution is 2.28. The fourth-order valence-corrected chi connectivity index (χ4v) is 2.94. The molecule has 0 aliphatic carbocycles. The van der Waals surface area contributed by atoms with E-state index in [2.05, 4.69) is 4.98 Å². The molecule has 0 bridgehead atoms. The summed E-state index contributed by atoms with van der Waals surface area (Å²) in [5, 5.41) is 9.13. The molecule has 2 aromatic carbocycles. The van der Waals surface area contributed by atoms with Crippen LogP contribution in [0.4, 0.5) is 11.5 Å². The van der Waals surface area contributed by atoms with Gasteiger partial charge in [0.2, 0.25) is 0 Å². The zero-order valence-corrected chi connectivity index (χ0v) is 14.8. The number of nitrogens with one attached hydrogen (secondary N) is 1. The molecule has 5 nitrogen and oxygen atoms in total. The smallest absolute Gasteiger partial charge is 0.255 e. The van der Waals surface area contributed by atoms with Gasteiger partial charge in [-0.1, -0.05) is 48.5 Å². The van der Waals surface area contributed by atoms with E-state index in [1.807, 2.05) is 91.7 Å². The number of hydrogen-bond donors (Lipinski definition) is 2. The second-order valence-electron chi connectivity index (χ2n) is 6.11. The van der Waals surface area contributed by atoms with Crippen molar-refractivity contribution in [2.24, 2.45) is 0 Å². The maximum atomic E-state index is 12.2. The molecule has 26 heavy (non-hydrogen) atoms. The Morgan fingerprint density at radius 3 is 2.23 bits per heavy atom. The van der Waals surface area contributed by atoms with E-state index in [0.717, 1.165) is 28.3 Å². The largest absolute Gasteiger partial charge is 0.329 e. The molecule has 132 valence electrons. The molecular formula is C21H21N3O2. The highest BCUT2D eigenvalue weighted by Gasteiger charge is 2.22. The van der Waals surface area contributed by atoms with Crippen LogP contribution in [0.5, 0.6) is 0 Å². The molecule has 1 heterocycles. The van der Waals surface area contributed by atoms with E-state index in [0.29, 0.717) is 0 Å². The second-order valence-corrected chi connectivity index (χ2v) is 6.11. The number of carbonyl (C=O) groups excluding carboxylic acids is 1. The van der Waals surface area contributed by atoms with Crippen molar-refractivity contribution < 1.29 is 10.0 Å². The molecule has 0 saturated carbocycles.